The summed E-state index contributed by atoms with van der Waals surface area (Å²) in [5.74, 6) is 2.64. The highest BCUT2D eigenvalue weighted by Gasteiger charge is 2.43. The van der Waals surface area contributed by atoms with Gasteiger partial charge in [0.15, 0.2) is 5.82 Å². The van der Waals surface area contributed by atoms with Crippen LogP contribution < -0.4 is 10.2 Å². The molecule has 0 radical (unpaired) electrons. The number of benzene rings is 2. The number of aromatic nitrogens is 3. The summed E-state index contributed by atoms with van der Waals surface area (Å²) >= 11 is 0. The standard InChI is InChI=1S/C28H30N6/c1-3-33-17-23-16-22(33)18-34(23)28-24-11-7-8-12-25(24)31-27(32-28)21-13-14-29-26(15-21)30-19(2)20-9-5-4-6-10-20/h4-15,19,22-23H,3,16-18H2,1-2H3,(H,29,30)/t19-,22-,23-/m0/s1. The molecular weight excluding hydrogens is 420 g/mol. The Balaban J connectivity index is 1.34. The molecule has 34 heavy (non-hydrogen) atoms. The molecule has 2 bridgehead atoms. The van der Waals surface area contributed by atoms with Crippen LogP contribution >= 0.6 is 0 Å². The third-order valence-electron chi connectivity index (χ3n) is 7.30. The van der Waals surface area contributed by atoms with Gasteiger partial charge in [-0.2, -0.15) is 0 Å². The maximum atomic E-state index is 5.14. The largest absolute Gasteiger partial charge is 0.364 e. The minimum Gasteiger partial charge on any atom is -0.364 e. The molecule has 6 rings (SSSR count). The number of rotatable bonds is 6. The number of anilines is 2. The lowest BCUT2D eigenvalue weighted by Gasteiger charge is -2.34. The van der Waals surface area contributed by atoms with E-state index in [1.165, 1.54) is 12.0 Å². The van der Waals surface area contributed by atoms with Gasteiger partial charge in [-0.15, -0.1) is 0 Å². The molecule has 172 valence electrons. The van der Waals surface area contributed by atoms with E-state index in [0.29, 0.717) is 12.1 Å². The van der Waals surface area contributed by atoms with Crippen molar-refractivity contribution in [3.8, 4) is 11.4 Å². The molecular formula is C28H30N6. The predicted octanol–water partition coefficient (Wildman–Crippen LogP) is 5.15. The van der Waals surface area contributed by atoms with Crippen molar-refractivity contribution in [1.82, 2.24) is 19.9 Å². The number of nitrogens with one attached hydrogen (secondary N) is 1. The van der Waals surface area contributed by atoms with E-state index in [0.717, 1.165) is 53.6 Å². The van der Waals surface area contributed by atoms with Gasteiger partial charge in [0.2, 0.25) is 0 Å². The second-order valence-corrected chi connectivity index (χ2v) is 9.38. The summed E-state index contributed by atoms with van der Waals surface area (Å²) < 4.78 is 0. The minimum absolute atomic E-state index is 0.152. The summed E-state index contributed by atoms with van der Waals surface area (Å²) in [5.41, 5.74) is 3.19. The van der Waals surface area contributed by atoms with Crippen LogP contribution in [0.3, 0.4) is 0 Å². The number of likely N-dealkylation sites (tertiary alicyclic amines) is 1. The number of hydrogen-bond donors (Lipinski definition) is 1. The van der Waals surface area contributed by atoms with Crippen LogP contribution in [0.25, 0.3) is 22.3 Å². The summed E-state index contributed by atoms with van der Waals surface area (Å²) in [6.07, 6.45) is 3.06. The first-order valence-electron chi connectivity index (χ1n) is 12.2. The van der Waals surface area contributed by atoms with E-state index in [2.05, 4.69) is 88.5 Å². The Morgan fingerprint density at radius 3 is 2.59 bits per heavy atom. The zero-order valence-electron chi connectivity index (χ0n) is 19.7. The van der Waals surface area contributed by atoms with Gasteiger partial charge in [0, 0.05) is 48.4 Å². The lowest BCUT2D eigenvalue weighted by Crippen LogP contribution is -2.46. The average molecular weight is 451 g/mol. The summed E-state index contributed by atoms with van der Waals surface area (Å²) in [6.45, 7) is 7.69. The van der Waals surface area contributed by atoms with Crippen LogP contribution in [-0.4, -0.2) is 51.6 Å². The highest BCUT2D eigenvalue weighted by atomic mass is 15.4. The molecule has 2 aliphatic rings. The molecule has 4 heterocycles. The van der Waals surface area contributed by atoms with Gasteiger partial charge >= 0.3 is 0 Å². The van der Waals surface area contributed by atoms with E-state index in [1.807, 2.05) is 18.3 Å². The fraction of sp³-hybridized carbons (Fsp3) is 0.321. The van der Waals surface area contributed by atoms with Crippen LogP contribution in [0.15, 0.2) is 72.9 Å². The summed E-state index contributed by atoms with van der Waals surface area (Å²) in [6, 6.07) is 24.2. The molecule has 0 aliphatic carbocycles. The first-order valence-corrected chi connectivity index (χ1v) is 12.2. The van der Waals surface area contributed by atoms with Crippen LogP contribution in [0, 0.1) is 0 Å². The van der Waals surface area contributed by atoms with Crippen LogP contribution in [0.2, 0.25) is 0 Å². The van der Waals surface area contributed by atoms with Gasteiger partial charge < -0.3 is 10.2 Å². The average Bonchev–Trinajstić information content (AvgIpc) is 3.49. The van der Waals surface area contributed by atoms with Crippen LogP contribution in [0.4, 0.5) is 11.6 Å². The normalized spacial score (nSPS) is 20.7. The Kier molecular flexibility index (Phi) is 5.38. The number of para-hydroxylation sites is 1. The molecule has 4 aromatic rings. The zero-order valence-corrected chi connectivity index (χ0v) is 19.7. The highest BCUT2D eigenvalue weighted by Crippen LogP contribution is 2.37. The lowest BCUT2D eigenvalue weighted by molar-refractivity contribution is 0.251. The monoisotopic (exact) mass is 450 g/mol. The SMILES string of the molecule is CCN1C[C@@H]2C[C@H]1CN2c1nc(-c2ccnc(N[C@@H](C)c3ccccc3)c2)nc2ccccc12. The summed E-state index contributed by atoms with van der Waals surface area (Å²) in [7, 11) is 0. The fourth-order valence-electron chi connectivity index (χ4n) is 5.50. The van der Waals surface area contributed by atoms with Crippen molar-refractivity contribution in [1.29, 1.82) is 0 Å². The van der Waals surface area contributed by atoms with Crippen molar-refractivity contribution in [3.05, 3.63) is 78.5 Å². The third-order valence-corrected chi connectivity index (χ3v) is 7.30. The van der Waals surface area contributed by atoms with E-state index < -0.39 is 0 Å². The van der Waals surface area contributed by atoms with E-state index in [4.69, 9.17) is 9.97 Å². The zero-order chi connectivity index (χ0) is 23.1. The third kappa shape index (κ3) is 3.78. The molecule has 0 spiro atoms. The minimum atomic E-state index is 0.152. The Morgan fingerprint density at radius 2 is 1.79 bits per heavy atom. The number of pyridine rings is 1. The van der Waals surface area contributed by atoms with Gasteiger partial charge in [0.05, 0.1) is 5.52 Å². The van der Waals surface area contributed by atoms with Crippen LogP contribution in [-0.2, 0) is 0 Å². The second-order valence-electron chi connectivity index (χ2n) is 9.38. The topological polar surface area (TPSA) is 57.2 Å². The van der Waals surface area contributed by atoms with Crippen LogP contribution in [0.5, 0.6) is 0 Å². The van der Waals surface area contributed by atoms with Crippen molar-refractivity contribution in [3.63, 3.8) is 0 Å². The number of likely N-dealkylation sites (N-methyl/N-ethyl adjacent to an activating group) is 1. The van der Waals surface area contributed by atoms with Gasteiger partial charge in [0.1, 0.15) is 11.6 Å². The molecule has 2 aromatic heterocycles. The Bertz CT molecular complexity index is 1310. The molecule has 0 amide bonds. The predicted molar refractivity (Wildman–Crippen MR) is 138 cm³/mol. The maximum absolute atomic E-state index is 5.14. The number of piperazine rings is 1. The smallest absolute Gasteiger partial charge is 0.162 e. The van der Waals surface area contributed by atoms with Gasteiger partial charge in [-0.25, -0.2) is 15.0 Å². The van der Waals surface area contributed by atoms with Crippen molar-refractivity contribution in [2.24, 2.45) is 0 Å². The quantitative estimate of drug-likeness (QED) is 0.439. The first kappa shape index (κ1) is 21.1. The molecule has 2 fully saturated rings. The molecule has 0 saturated carbocycles. The number of nitrogens with zero attached hydrogens (tertiary/aromatic N) is 5. The summed E-state index contributed by atoms with van der Waals surface area (Å²) in [5, 5.41) is 4.66. The van der Waals surface area contributed by atoms with Crippen molar-refractivity contribution in [2.45, 2.75) is 38.4 Å². The molecule has 2 aliphatic heterocycles. The van der Waals surface area contributed by atoms with E-state index in [9.17, 15) is 0 Å². The van der Waals surface area contributed by atoms with Crippen molar-refractivity contribution >= 4 is 22.5 Å². The maximum Gasteiger partial charge on any atom is 0.162 e. The van der Waals surface area contributed by atoms with Crippen molar-refractivity contribution in [2.75, 3.05) is 29.9 Å². The van der Waals surface area contributed by atoms with E-state index in [1.54, 1.807) is 0 Å². The molecule has 3 atom stereocenters. The van der Waals surface area contributed by atoms with Gasteiger partial charge in [-0.05, 0) is 49.7 Å². The fourth-order valence-corrected chi connectivity index (χ4v) is 5.50. The lowest BCUT2D eigenvalue weighted by atomic mass is 10.1. The second kappa shape index (κ2) is 8.69. The van der Waals surface area contributed by atoms with Gasteiger partial charge in [0.25, 0.3) is 0 Å². The number of hydrogen-bond acceptors (Lipinski definition) is 6. The first-order chi connectivity index (χ1) is 16.7. The Labute approximate surface area is 200 Å². The van der Waals surface area contributed by atoms with Crippen LogP contribution in [0.1, 0.15) is 31.9 Å². The Morgan fingerprint density at radius 1 is 0.971 bits per heavy atom. The molecule has 6 heteroatoms. The molecule has 6 nitrogen and oxygen atoms in total. The highest BCUT2D eigenvalue weighted by molar-refractivity contribution is 5.91. The van der Waals surface area contributed by atoms with E-state index in [-0.39, 0.29) is 6.04 Å². The Hall–Kier alpha value is -3.51. The van der Waals surface area contributed by atoms with Gasteiger partial charge in [-0.1, -0.05) is 49.4 Å². The molecule has 1 N–H and O–H groups in total. The molecule has 2 saturated heterocycles. The van der Waals surface area contributed by atoms with Gasteiger partial charge in [-0.3, -0.25) is 4.90 Å². The molecule has 2 aromatic carbocycles. The van der Waals surface area contributed by atoms with Crippen molar-refractivity contribution < 1.29 is 0 Å². The molecule has 0 unspecified atom stereocenters. The number of fused-ring (bicyclic) bond motifs is 3. The summed E-state index contributed by atoms with van der Waals surface area (Å²) in [4.78, 5) is 19.8. The van der Waals surface area contributed by atoms with E-state index >= 15 is 0 Å².